The van der Waals surface area contributed by atoms with E-state index in [0.29, 0.717) is 18.1 Å². The molecule has 0 aromatic carbocycles. The van der Waals surface area contributed by atoms with Crippen LogP contribution >= 0.6 is 0 Å². The third-order valence-electron chi connectivity index (χ3n) is 4.23. The molecule has 5 heteroatoms. The summed E-state index contributed by atoms with van der Waals surface area (Å²) in [6, 6.07) is 0. The zero-order valence-corrected chi connectivity index (χ0v) is 11.8. The molecule has 1 aliphatic carbocycles. The van der Waals surface area contributed by atoms with Gasteiger partial charge in [-0.15, -0.1) is 0 Å². The van der Waals surface area contributed by atoms with Gasteiger partial charge in [-0.2, -0.15) is 0 Å². The molecule has 110 valence electrons. The normalized spacial score (nSPS) is 26.8. The third kappa shape index (κ3) is 2.63. The Kier molecular flexibility index (Phi) is 4.28. The molecule has 0 amide bonds. The highest BCUT2D eigenvalue weighted by Gasteiger charge is 2.39. The minimum absolute atomic E-state index is 0.0610. The molecule has 0 bridgehead atoms. The van der Waals surface area contributed by atoms with Crippen molar-refractivity contribution in [1.82, 2.24) is 0 Å². The summed E-state index contributed by atoms with van der Waals surface area (Å²) in [5.41, 5.74) is 1.53. The summed E-state index contributed by atoms with van der Waals surface area (Å²) < 4.78 is 5.08. The number of esters is 1. The van der Waals surface area contributed by atoms with Crippen LogP contribution < -0.4 is 0 Å². The van der Waals surface area contributed by atoms with Gasteiger partial charge in [0.2, 0.25) is 0 Å². The summed E-state index contributed by atoms with van der Waals surface area (Å²) in [4.78, 5) is 23.0. The number of hydrogen-bond acceptors (Lipinski definition) is 4. The summed E-state index contributed by atoms with van der Waals surface area (Å²) in [5.74, 6) is -1.23. The Bertz CT molecular complexity index is 486. The fourth-order valence-corrected chi connectivity index (χ4v) is 3.13. The lowest BCUT2D eigenvalue weighted by atomic mass is 9.70. The average molecular weight is 280 g/mol. The molecule has 0 saturated heterocycles. The second-order valence-electron chi connectivity index (χ2n) is 5.72. The van der Waals surface area contributed by atoms with Gasteiger partial charge in [-0.1, -0.05) is 19.9 Å². The lowest BCUT2D eigenvalue weighted by Gasteiger charge is -2.32. The van der Waals surface area contributed by atoms with Crippen LogP contribution in [-0.2, 0) is 14.3 Å². The second-order valence-corrected chi connectivity index (χ2v) is 5.72. The predicted octanol–water partition coefficient (Wildman–Crippen LogP) is 1.53. The largest absolute Gasteiger partial charge is 0.478 e. The van der Waals surface area contributed by atoms with E-state index in [2.05, 4.69) is 13.8 Å². The molecule has 1 heterocycles. The molecule has 2 atom stereocenters. The number of hydrogen-bond donors (Lipinski definition) is 2. The van der Waals surface area contributed by atoms with Crippen molar-refractivity contribution in [3.8, 4) is 0 Å². The molecule has 0 radical (unpaired) electrons. The number of carboxylic acids is 1. The number of rotatable bonds is 4. The van der Waals surface area contributed by atoms with E-state index in [1.807, 2.05) is 0 Å². The van der Waals surface area contributed by atoms with E-state index >= 15 is 0 Å². The third-order valence-corrected chi connectivity index (χ3v) is 4.23. The first-order chi connectivity index (χ1) is 9.45. The molecule has 5 nitrogen and oxygen atoms in total. The molecule has 2 N–H and O–H groups in total. The van der Waals surface area contributed by atoms with Gasteiger partial charge in [0.25, 0.3) is 0 Å². The van der Waals surface area contributed by atoms with Crippen LogP contribution in [0.3, 0.4) is 0 Å². The van der Waals surface area contributed by atoms with Crippen molar-refractivity contribution in [3.63, 3.8) is 0 Å². The van der Waals surface area contributed by atoms with Crippen molar-refractivity contribution < 1.29 is 24.5 Å². The zero-order chi connectivity index (χ0) is 14.9. The molecular formula is C15H20O5. The predicted molar refractivity (Wildman–Crippen MR) is 71.8 cm³/mol. The summed E-state index contributed by atoms with van der Waals surface area (Å²) in [6.07, 6.45) is 3.27. The molecule has 20 heavy (non-hydrogen) atoms. The molecule has 2 aliphatic rings. The highest BCUT2D eigenvalue weighted by atomic mass is 16.5. The summed E-state index contributed by atoms with van der Waals surface area (Å²) >= 11 is 0. The highest BCUT2D eigenvalue weighted by Crippen LogP contribution is 2.43. The molecule has 2 rings (SSSR count). The van der Waals surface area contributed by atoms with E-state index in [1.54, 1.807) is 0 Å². The van der Waals surface area contributed by atoms with Gasteiger partial charge in [0, 0.05) is 11.5 Å². The molecule has 0 fully saturated rings. The average Bonchev–Trinajstić information content (AvgIpc) is 2.77. The van der Waals surface area contributed by atoms with Gasteiger partial charge in [0.1, 0.15) is 6.61 Å². The molecular weight excluding hydrogens is 260 g/mol. The SMILES string of the molecule is CC(C)[C@H]1CCC2=C(C(=O)OC2)[C@@H]1/C=C(\CO)C(=O)O. The summed E-state index contributed by atoms with van der Waals surface area (Å²) in [7, 11) is 0. The van der Waals surface area contributed by atoms with Crippen LogP contribution in [-0.4, -0.2) is 35.4 Å². The molecule has 0 unspecified atom stereocenters. The van der Waals surface area contributed by atoms with Gasteiger partial charge in [-0.25, -0.2) is 9.59 Å². The minimum Gasteiger partial charge on any atom is -0.478 e. The highest BCUT2D eigenvalue weighted by molar-refractivity contribution is 5.94. The van der Waals surface area contributed by atoms with E-state index < -0.39 is 12.6 Å². The number of allylic oxidation sites excluding steroid dienone is 1. The van der Waals surface area contributed by atoms with Crippen molar-refractivity contribution in [1.29, 1.82) is 0 Å². The Morgan fingerprint density at radius 3 is 2.75 bits per heavy atom. The molecule has 0 spiro atoms. The van der Waals surface area contributed by atoms with E-state index in [0.717, 1.165) is 18.4 Å². The molecule has 0 aromatic rings. The van der Waals surface area contributed by atoms with E-state index in [-0.39, 0.29) is 23.4 Å². The van der Waals surface area contributed by atoms with Crippen molar-refractivity contribution in [2.75, 3.05) is 13.2 Å². The number of carboxylic acid groups (broad SMARTS) is 1. The first-order valence-electron chi connectivity index (χ1n) is 6.89. The minimum atomic E-state index is -1.14. The van der Waals surface area contributed by atoms with Crippen LogP contribution in [0.15, 0.2) is 22.8 Å². The first-order valence-corrected chi connectivity index (χ1v) is 6.89. The number of cyclic esters (lactones) is 1. The zero-order valence-electron chi connectivity index (χ0n) is 11.8. The van der Waals surface area contributed by atoms with Crippen molar-refractivity contribution >= 4 is 11.9 Å². The van der Waals surface area contributed by atoms with Gasteiger partial charge in [-0.05, 0) is 30.3 Å². The quantitative estimate of drug-likeness (QED) is 0.602. The second kappa shape index (κ2) is 5.79. The van der Waals surface area contributed by atoms with E-state index in [1.165, 1.54) is 6.08 Å². The molecule has 0 saturated carbocycles. The Labute approximate surface area is 117 Å². The number of carbonyl (C=O) groups excluding carboxylic acids is 1. The van der Waals surface area contributed by atoms with E-state index in [9.17, 15) is 14.7 Å². The van der Waals surface area contributed by atoms with Gasteiger partial charge in [-0.3, -0.25) is 0 Å². The standard InChI is InChI=1S/C15H20O5/c1-8(2)11-4-3-9-7-20-15(19)13(9)12(11)5-10(6-16)14(17)18/h5,8,11-12,16H,3-4,6-7H2,1-2H3,(H,17,18)/b10-5+/t11-,12-/m1/s1. The Morgan fingerprint density at radius 2 is 2.20 bits per heavy atom. The fourth-order valence-electron chi connectivity index (χ4n) is 3.13. The summed E-state index contributed by atoms with van der Waals surface area (Å²) in [5, 5.41) is 18.3. The van der Waals surface area contributed by atoms with Crippen molar-refractivity contribution in [2.45, 2.75) is 26.7 Å². The van der Waals surface area contributed by atoms with Crippen LogP contribution in [0, 0.1) is 17.8 Å². The maximum absolute atomic E-state index is 11.9. The van der Waals surface area contributed by atoms with E-state index in [4.69, 9.17) is 9.84 Å². The van der Waals surface area contributed by atoms with Gasteiger partial charge >= 0.3 is 11.9 Å². The van der Waals surface area contributed by atoms with Gasteiger partial charge in [0.15, 0.2) is 0 Å². The number of ether oxygens (including phenoxy) is 1. The van der Waals surface area contributed by atoms with Crippen molar-refractivity contribution in [3.05, 3.63) is 22.8 Å². The van der Waals surface area contributed by atoms with Gasteiger partial charge in [0.05, 0.1) is 12.2 Å². The number of aliphatic carboxylic acids is 1. The van der Waals surface area contributed by atoms with Gasteiger partial charge < -0.3 is 14.9 Å². The number of carbonyl (C=O) groups is 2. The maximum Gasteiger partial charge on any atom is 0.335 e. The smallest absolute Gasteiger partial charge is 0.335 e. The van der Waals surface area contributed by atoms with Crippen LogP contribution in [0.1, 0.15) is 26.7 Å². The Morgan fingerprint density at radius 1 is 1.50 bits per heavy atom. The van der Waals surface area contributed by atoms with Crippen LogP contribution in [0.25, 0.3) is 0 Å². The molecule has 0 aromatic heterocycles. The summed E-state index contributed by atoms with van der Waals surface area (Å²) in [6.45, 7) is 3.92. The van der Waals surface area contributed by atoms with Crippen LogP contribution in [0.2, 0.25) is 0 Å². The monoisotopic (exact) mass is 280 g/mol. The fraction of sp³-hybridized carbons (Fsp3) is 0.600. The number of aliphatic hydroxyl groups is 1. The Hall–Kier alpha value is -1.62. The maximum atomic E-state index is 11.9. The van der Waals surface area contributed by atoms with Crippen LogP contribution in [0.4, 0.5) is 0 Å². The molecule has 1 aliphatic heterocycles. The number of aliphatic hydroxyl groups excluding tert-OH is 1. The van der Waals surface area contributed by atoms with Crippen LogP contribution in [0.5, 0.6) is 0 Å². The lowest BCUT2D eigenvalue weighted by Crippen LogP contribution is -2.28. The topological polar surface area (TPSA) is 83.8 Å². The first kappa shape index (κ1) is 14.8. The lowest BCUT2D eigenvalue weighted by molar-refractivity contribution is -0.137. The van der Waals surface area contributed by atoms with Crippen molar-refractivity contribution in [2.24, 2.45) is 17.8 Å². The Balaban J connectivity index is 2.43.